The highest BCUT2D eigenvalue weighted by Crippen LogP contribution is 2.44. The Labute approximate surface area is 179 Å². The standard InChI is InChI=1S/C19H20F3N5O5/c1-18(2)31-12-10(7-28)30-16(13(12)32-18)27-6-9(11-14(23)25-8-26-15(11)27)4-3-5-24-17(29)19(20,21)22/h6,8,10,12-13,16,28H,5,7H2,1-2H3,(H,24,29)(H2,23,25,26)/t10-,12?,13?,16-/m1/s1. The van der Waals surface area contributed by atoms with Gasteiger partial charge in [-0.05, 0) is 13.8 Å². The van der Waals surface area contributed by atoms with Crippen LogP contribution in [0.2, 0.25) is 0 Å². The van der Waals surface area contributed by atoms with Crippen molar-refractivity contribution in [3.05, 3.63) is 18.1 Å². The quantitative estimate of drug-likeness (QED) is 0.569. The van der Waals surface area contributed by atoms with Crippen molar-refractivity contribution in [3.8, 4) is 11.8 Å². The van der Waals surface area contributed by atoms with Crippen molar-refractivity contribution in [1.29, 1.82) is 0 Å². The van der Waals surface area contributed by atoms with E-state index in [9.17, 15) is 23.1 Å². The van der Waals surface area contributed by atoms with E-state index in [0.29, 0.717) is 16.6 Å². The van der Waals surface area contributed by atoms with Crippen LogP contribution >= 0.6 is 0 Å². The van der Waals surface area contributed by atoms with Crippen LogP contribution in [0.3, 0.4) is 0 Å². The van der Waals surface area contributed by atoms with Gasteiger partial charge in [-0.15, -0.1) is 0 Å². The van der Waals surface area contributed by atoms with Gasteiger partial charge in [0, 0.05) is 6.20 Å². The lowest BCUT2D eigenvalue weighted by atomic mass is 10.1. The van der Waals surface area contributed by atoms with Gasteiger partial charge in [0.25, 0.3) is 0 Å². The lowest BCUT2D eigenvalue weighted by molar-refractivity contribution is -0.199. The van der Waals surface area contributed by atoms with E-state index in [2.05, 4.69) is 21.8 Å². The van der Waals surface area contributed by atoms with Crippen LogP contribution in [0.5, 0.6) is 0 Å². The fourth-order valence-electron chi connectivity index (χ4n) is 3.79. The predicted molar refractivity (Wildman–Crippen MR) is 103 cm³/mol. The molecule has 4 heterocycles. The number of anilines is 1. The molecule has 4 atom stereocenters. The summed E-state index contributed by atoms with van der Waals surface area (Å²) in [5.74, 6) is 2.29. The van der Waals surface area contributed by atoms with E-state index >= 15 is 0 Å². The fourth-order valence-corrected chi connectivity index (χ4v) is 3.79. The molecule has 0 bridgehead atoms. The van der Waals surface area contributed by atoms with Gasteiger partial charge in [0.05, 0.1) is 24.1 Å². The average Bonchev–Trinajstić information content (AvgIpc) is 3.33. The third-order valence-corrected chi connectivity index (χ3v) is 5.04. The molecule has 2 unspecified atom stereocenters. The lowest BCUT2D eigenvalue weighted by Gasteiger charge is -2.24. The lowest BCUT2D eigenvalue weighted by Crippen LogP contribution is -2.36. The Morgan fingerprint density at radius 3 is 2.75 bits per heavy atom. The molecular formula is C19H20F3N5O5. The molecule has 2 aromatic heterocycles. The van der Waals surface area contributed by atoms with Gasteiger partial charge in [0.15, 0.2) is 12.0 Å². The minimum atomic E-state index is -4.99. The number of nitrogens with zero attached hydrogens (tertiary/aromatic N) is 3. The Kier molecular flexibility index (Phi) is 5.49. The zero-order chi connectivity index (χ0) is 23.3. The number of carbonyl (C=O) groups excluding carboxylic acids is 1. The molecule has 10 nitrogen and oxygen atoms in total. The molecule has 0 spiro atoms. The second-order valence-electron chi connectivity index (χ2n) is 7.70. The smallest absolute Gasteiger partial charge is 0.394 e. The Morgan fingerprint density at radius 1 is 1.34 bits per heavy atom. The van der Waals surface area contributed by atoms with Crippen LogP contribution in [-0.2, 0) is 19.0 Å². The number of amides is 1. The summed E-state index contributed by atoms with van der Waals surface area (Å²) in [6.45, 7) is 2.67. The number of fused-ring (bicyclic) bond motifs is 2. The number of ether oxygens (including phenoxy) is 3. The molecule has 4 N–H and O–H groups in total. The number of hydrogen-bond donors (Lipinski definition) is 3. The number of rotatable bonds is 3. The van der Waals surface area contributed by atoms with Crippen LogP contribution in [0, 0.1) is 11.8 Å². The zero-order valence-electron chi connectivity index (χ0n) is 17.0. The molecule has 2 aromatic rings. The normalized spacial score (nSPS) is 26.6. The molecular weight excluding hydrogens is 435 g/mol. The molecule has 0 aromatic carbocycles. The first-order chi connectivity index (χ1) is 15.0. The molecule has 0 radical (unpaired) electrons. The second-order valence-corrected chi connectivity index (χ2v) is 7.70. The molecule has 2 aliphatic rings. The molecule has 32 heavy (non-hydrogen) atoms. The molecule has 2 fully saturated rings. The monoisotopic (exact) mass is 455 g/mol. The number of aliphatic hydroxyl groups excluding tert-OH is 1. The van der Waals surface area contributed by atoms with E-state index in [1.54, 1.807) is 29.9 Å². The molecule has 2 saturated heterocycles. The van der Waals surface area contributed by atoms with Crippen molar-refractivity contribution in [2.75, 3.05) is 18.9 Å². The third kappa shape index (κ3) is 3.97. The van der Waals surface area contributed by atoms with Crippen LogP contribution in [0.4, 0.5) is 19.0 Å². The highest BCUT2D eigenvalue weighted by Gasteiger charge is 2.56. The summed E-state index contributed by atoms with van der Waals surface area (Å²) in [6.07, 6.45) is -4.66. The Hall–Kier alpha value is -2.92. The number of nitrogens with one attached hydrogen (secondary N) is 1. The first kappa shape index (κ1) is 22.3. The van der Waals surface area contributed by atoms with Crippen molar-refractivity contribution < 1.29 is 37.3 Å². The summed E-state index contributed by atoms with van der Waals surface area (Å²) in [5, 5.41) is 11.7. The van der Waals surface area contributed by atoms with Crippen LogP contribution in [-0.4, -0.2) is 69.0 Å². The van der Waals surface area contributed by atoms with Crippen molar-refractivity contribution in [3.63, 3.8) is 0 Å². The van der Waals surface area contributed by atoms with Crippen LogP contribution in [0.15, 0.2) is 12.5 Å². The van der Waals surface area contributed by atoms with Gasteiger partial charge in [-0.3, -0.25) is 4.79 Å². The highest BCUT2D eigenvalue weighted by molar-refractivity contribution is 5.92. The van der Waals surface area contributed by atoms with Crippen molar-refractivity contribution in [1.82, 2.24) is 19.9 Å². The molecule has 172 valence electrons. The first-order valence-corrected chi connectivity index (χ1v) is 9.58. The van der Waals surface area contributed by atoms with Crippen molar-refractivity contribution in [2.24, 2.45) is 0 Å². The predicted octanol–water partition coefficient (Wildman–Crippen LogP) is 0.453. The largest absolute Gasteiger partial charge is 0.471 e. The SMILES string of the molecule is CC1(C)OC2C(O1)[C@@H](CO)O[C@H]2n1cc(C#CCNC(=O)C(F)(F)F)c2c(N)ncnc21. The van der Waals surface area contributed by atoms with Crippen molar-refractivity contribution >= 4 is 22.8 Å². The van der Waals surface area contributed by atoms with Gasteiger partial charge in [-0.25, -0.2) is 9.97 Å². The number of nitrogen functional groups attached to an aromatic ring is 1. The minimum absolute atomic E-state index is 0.106. The maximum atomic E-state index is 12.3. The summed E-state index contributed by atoms with van der Waals surface area (Å²) in [5.41, 5.74) is 6.68. The Bertz CT molecular complexity index is 1110. The highest BCUT2D eigenvalue weighted by atomic mass is 19.4. The number of nitrogens with two attached hydrogens (primary N) is 1. The average molecular weight is 455 g/mol. The van der Waals surface area contributed by atoms with Crippen LogP contribution in [0.1, 0.15) is 25.6 Å². The zero-order valence-corrected chi connectivity index (χ0v) is 17.0. The Morgan fingerprint density at radius 2 is 2.06 bits per heavy atom. The van der Waals surface area contributed by atoms with Gasteiger partial charge in [-0.1, -0.05) is 11.8 Å². The van der Waals surface area contributed by atoms with E-state index < -0.39 is 49.0 Å². The van der Waals surface area contributed by atoms with E-state index in [1.165, 1.54) is 6.33 Å². The van der Waals surface area contributed by atoms with Crippen molar-refractivity contribution in [2.45, 2.75) is 50.4 Å². The summed E-state index contributed by atoms with van der Waals surface area (Å²) in [4.78, 5) is 19.1. The molecule has 2 aliphatic heterocycles. The summed E-state index contributed by atoms with van der Waals surface area (Å²) >= 11 is 0. The van der Waals surface area contributed by atoms with E-state index in [0.717, 1.165) is 0 Å². The molecule has 0 aliphatic carbocycles. The van der Waals surface area contributed by atoms with E-state index in [4.69, 9.17) is 19.9 Å². The minimum Gasteiger partial charge on any atom is -0.394 e. The molecule has 13 heteroatoms. The fraction of sp³-hybridized carbons (Fsp3) is 0.526. The summed E-state index contributed by atoms with van der Waals surface area (Å²) in [6, 6.07) is 0. The third-order valence-electron chi connectivity index (χ3n) is 5.04. The number of aromatic nitrogens is 3. The first-order valence-electron chi connectivity index (χ1n) is 9.58. The topological polar surface area (TPSA) is 134 Å². The molecule has 0 saturated carbocycles. The maximum Gasteiger partial charge on any atom is 0.471 e. The molecule has 1 amide bonds. The number of halogens is 3. The van der Waals surface area contributed by atoms with E-state index in [1.807, 2.05) is 0 Å². The number of alkyl halides is 3. The summed E-state index contributed by atoms with van der Waals surface area (Å²) < 4.78 is 56.3. The summed E-state index contributed by atoms with van der Waals surface area (Å²) in [7, 11) is 0. The van der Waals surface area contributed by atoms with Gasteiger partial charge in [-0.2, -0.15) is 13.2 Å². The number of hydrogen-bond acceptors (Lipinski definition) is 8. The van der Waals surface area contributed by atoms with Crippen LogP contribution in [0.25, 0.3) is 11.0 Å². The van der Waals surface area contributed by atoms with Gasteiger partial charge in [0.2, 0.25) is 0 Å². The van der Waals surface area contributed by atoms with Crippen LogP contribution < -0.4 is 11.1 Å². The number of carbonyl (C=O) groups is 1. The Balaban J connectivity index is 1.67. The second kappa shape index (κ2) is 7.89. The van der Waals surface area contributed by atoms with Gasteiger partial charge < -0.3 is 34.9 Å². The van der Waals surface area contributed by atoms with Gasteiger partial charge in [0.1, 0.15) is 36.1 Å². The molecule has 4 rings (SSSR count). The maximum absolute atomic E-state index is 12.3. The van der Waals surface area contributed by atoms with E-state index in [-0.39, 0.29) is 12.4 Å². The van der Waals surface area contributed by atoms with Gasteiger partial charge >= 0.3 is 12.1 Å². The number of aliphatic hydroxyl groups is 1.